The second-order valence-corrected chi connectivity index (χ2v) is 7.90. The Bertz CT molecular complexity index is 809. The first-order valence-electron chi connectivity index (χ1n) is 9.44. The Labute approximate surface area is 169 Å². The minimum Gasteiger partial charge on any atom is -0.488 e. The first kappa shape index (κ1) is 18.1. The third kappa shape index (κ3) is 5.14. The highest BCUT2D eigenvalue weighted by atomic mass is 79.9. The van der Waals surface area contributed by atoms with Crippen molar-refractivity contribution < 1.29 is 9.47 Å². The Morgan fingerprint density at radius 2 is 1.19 bits per heavy atom. The van der Waals surface area contributed by atoms with E-state index in [1.165, 1.54) is 18.4 Å². The molecule has 1 saturated carbocycles. The van der Waals surface area contributed by atoms with Gasteiger partial charge in [0.05, 0.1) is 0 Å². The molecule has 3 heteroatoms. The molecular formula is C24H23BrO2. The molecule has 3 aromatic rings. The Balaban J connectivity index is 1.53. The zero-order valence-electron chi connectivity index (χ0n) is 15.2. The highest BCUT2D eigenvalue weighted by Crippen LogP contribution is 2.40. The Hall–Kier alpha value is -2.26. The van der Waals surface area contributed by atoms with Crippen LogP contribution < -0.4 is 9.47 Å². The quantitative estimate of drug-likeness (QED) is 0.409. The van der Waals surface area contributed by atoms with E-state index in [0.717, 1.165) is 39.4 Å². The number of benzene rings is 3. The largest absolute Gasteiger partial charge is 0.488 e. The van der Waals surface area contributed by atoms with Gasteiger partial charge < -0.3 is 9.47 Å². The number of hydrogen-bond acceptors (Lipinski definition) is 2. The van der Waals surface area contributed by atoms with E-state index < -0.39 is 0 Å². The molecule has 0 radical (unpaired) electrons. The van der Waals surface area contributed by atoms with Crippen LogP contribution in [0.25, 0.3) is 0 Å². The average Bonchev–Trinajstić information content (AvgIpc) is 3.52. The summed E-state index contributed by atoms with van der Waals surface area (Å²) in [5, 5.41) is 0. The summed E-state index contributed by atoms with van der Waals surface area (Å²) in [7, 11) is 0. The zero-order valence-corrected chi connectivity index (χ0v) is 16.8. The Kier molecular flexibility index (Phi) is 5.78. The fourth-order valence-electron chi connectivity index (χ4n) is 3.08. The van der Waals surface area contributed by atoms with Crippen LogP contribution in [0.5, 0.6) is 11.5 Å². The Morgan fingerprint density at radius 1 is 0.704 bits per heavy atom. The molecular weight excluding hydrogens is 400 g/mol. The fourth-order valence-corrected chi connectivity index (χ4v) is 3.54. The SMILES string of the molecule is Brc1c(OCc2ccccc2)cc(CC2CC2)cc1OCc1ccccc1. The van der Waals surface area contributed by atoms with E-state index in [1.807, 2.05) is 36.4 Å². The molecule has 4 rings (SSSR count). The maximum atomic E-state index is 6.13. The summed E-state index contributed by atoms with van der Waals surface area (Å²) in [4.78, 5) is 0. The van der Waals surface area contributed by atoms with Crippen LogP contribution in [0.3, 0.4) is 0 Å². The van der Waals surface area contributed by atoms with E-state index in [-0.39, 0.29) is 0 Å². The van der Waals surface area contributed by atoms with Crippen LogP contribution in [0.15, 0.2) is 77.3 Å². The van der Waals surface area contributed by atoms with Crippen LogP contribution in [0.1, 0.15) is 29.5 Å². The monoisotopic (exact) mass is 422 g/mol. The van der Waals surface area contributed by atoms with Crippen LogP contribution >= 0.6 is 15.9 Å². The molecule has 0 aliphatic heterocycles. The smallest absolute Gasteiger partial charge is 0.138 e. The van der Waals surface area contributed by atoms with Gasteiger partial charge in [-0.1, -0.05) is 60.7 Å². The van der Waals surface area contributed by atoms with E-state index in [0.29, 0.717) is 13.2 Å². The van der Waals surface area contributed by atoms with Crippen molar-refractivity contribution in [1.82, 2.24) is 0 Å². The number of rotatable bonds is 8. The number of halogens is 1. The number of hydrogen-bond donors (Lipinski definition) is 0. The minimum absolute atomic E-state index is 0.546. The molecule has 0 N–H and O–H groups in total. The molecule has 138 valence electrons. The standard InChI is InChI=1S/C24H23BrO2/c25-24-22(26-16-19-7-3-1-4-8-19)14-21(13-18-11-12-18)15-23(24)27-17-20-9-5-2-6-10-20/h1-10,14-15,18H,11-13,16-17H2. The van der Waals surface area contributed by atoms with Crippen molar-refractivity contribution in [3.8, 4) is 11.5 Å². The molecule has 1 aliphatic carbocycles. The molecule has 2 nitrogen and oxygen atoms in total. The van der Waals surface area contributed by atoms with Gasteiger partial charge in [-0.15, -0.1) is 0 Å². The summed E-state index contributed by atoms with van der Waals surface area (Å²) >= 11 is 3.69. The lowest BCUT2D eigenvalue weighted by molar-refractivity contribution is 0.285. The first-order chi connectivity index (χ1) is 13.3. The molecule has 3 aromatic carbocycles. The van der Waals surface area contributed by atoms with Crippen molar-refractivity contribution in [2.24, 2.45) is 5.92 Å². The molecule has 0 spiro atoms. The van der Waals surface area contributed by atoms with Crippen LogP contribution in [0.2, 0.25) is 0 Å². The lowest BCUT2D eigenvalue weighted by atomic mass is 10.1. The van der Waals surface area contributed by atoms with Gasteiger partial charge in [0.15, 0.2) is 0 Å². The van der Waals surface area contributed by atoms with Gasteiger partial charge in [0, 0.05) is 0 Å². The van der Waals surface area contributed by atoms with Gasteiger partial charge in [-0.25, -0.2) is 0 Å². The second-order valence-electron chi connectivity index (χ2n) is 7.10. The van der Waals surface area contributed by atoms with Crippen molar-refractivity contribution in [3.63, 3.8) is 0 Å². The van der Waals surface area contributed by atoms with Crippen molar-refractivity contribution in [2.75, 3.05) is 0 Å². The van der Waals surface area contributed by atoms with E-state index in [2.05, 4.69) is 52.3 Å². The zero-order chi connectivity index (χ0) is 18.5. The van der Waals surface area contributed by atoms with Gasteiger partial charge in [0.2, 0.25) is 0 Å². The molecule has 1 aliphatic rings. The van der Waals surface area contributed by atoms with E-state index in [4.69, 9.17) is 9.47 Å². The maximum absolute atomic E-state index is 6.13. The van der Waals surface area contributed by atoms with Gasteiger partial charge >= 0.3 is 0 Å². The highest BCUT2D eigenvalue weighted by Gasteiger charge is 2.23. The van der Waals surface area contributed by atoms with Crippen LogP contribution in [0, 0.1) is 5.92 Å². The predicted octanol–water partition coefficient (Wildman–Crippen LogP) is 6.56. The van der Waals surface area contributed by atoms with E-state index in [1.54, 1.807) is 0 Å². The average molecular weight is 423 g/mol. The van der Waals surface area contributed by atoms with Gasteiger partial charge in [-0.2, -0.15) is 0 Å². The molecule has 0 saturated heterocycles. The van der Waals surface area contributed by atoms with Crippen molar-refractivity contribution in [3.05, 3.63) is 94.0 Å². The third-order valence-corrected chi connectivity index (χ3v) is 5.54. The molecule has 27 heavy (non-hydrogen) atoms. The normalized spacial score (nSPS) is 13.4. The van der Waals surface area contributed by atoms with E-state index >= 15 is 0 Å². The molecule has 0 bridgehead atoms. The summed E-state index contributed by atoms with van der Waals surface area (Å²) in [6.07, 6.45) is 3.75. The van der Waals surface area contributed by atoms with E-state index in [9.17, 15) is 0 Å². The van der Waals surface area contributed by atoms with Crippen molar-refractivity contribution in [2.45, 2.75) is 32.5 Å². The topological polar surface area (TPSA) is 18.5 Å². The van der Waals surface area contributed by atoms with Crippen LogP contribution in [-0.2, 0) is 19.6 Å². The summed E-state index contributed by atoms with van der Waals surface area (Å²) in [6, 6.07) is 24.8. The lowest BCUT2D eigenvalue weighted by Crippen LogP contribution is -2.01. The van der Waals surface area contributed by atoms with Gasteiger partial charge in [-0.05, 0) is 69.9 Å². The third-order valence-electron chi connectivity index (χ3n) is 4.76. The summed E-state index contributed by atoms with van der Waals surface area (Å²) < 4.78 is 13.1. The fraction of sp³-hybridized carbons (Fsp3) is 0.250. The van der Waals surface area contributed by atoms with Gasteiger partial charge in [0.1, 0.15) is 29.2 Å². The first-order valence-corrected chi connectivity index (χ1v) is 10.2. The summed E-state index contributed by atoms with van der Waals surface area (Å²) in [6.45, 7) is 1.09. The highest BCUT2D eigenvalue weighted by molar-refractivity contribution is 9.10. The van der Waals surface area contributed by atoms with Crippen molar-refractivity contribution in [1.29, 1.82) is 0 Å². The molecule has 0 amide bonds. The van der Waals surface area contributed by atoms with Gasteiger partial charge in [-0.3, -0.25) is 0 Å². The second kappa shape index (κ2) is 8.62. The summed E-state index contributed by atoms with van der Waals surface area (Å²) in [5.41, 5.74) is 3.60. The predicted molar refractivity (Wildman–Crippen MR) is 112 cm³/mol. The van der Waals surface area contributed by atoms with Crippen LogP contribution in [-0.4, -0.2) is 0 Å². The molecule has 0 aromatic heterocycles. The lowest BCUT2D eigenvalue weighted by Gasteiger charge is -2.15. The number of ether oxygens (including phenoxy) is 2. The molecule has 0 heterocycles. The summed E-state index contributed by atoms with van der Waals surface area (Å²) in [5.74, 6) is 2.51. The molecule has 0 unspecified atom stereocenters. The Morgan fingerprint density at radius 3 is 1.63 bits per heavy atom. The molecule has 1 fully saturated rings. The van der Waals surface area contributed by atoms with Gasteiger partial charge in [0.25, 0.3) is 0 Å². The molecule has 0 atom stereocenters. The van der Waals surface area contributed by atoms with Crippen molar-refractivity contribution >= 4 is 15.9 Å². The van der Waals surface area contributed by atoms with Crippen LogP contribution in [0.4, 0.5) is 0 Å². The minimum atomic E-state index is 0.546. The maximum Gasteiger partial charge on any atom is 0.138 e.